The van der Waals surface area contributed by atoms with Gasteiger partial charge < -0.3 is 29.2 Å². The number of likely N-dealkylation sites (tertiary alicyclic amines) is 1. The smallest absolute Gasteiger partial charge is 0.412 e. The van der Waals surface area contributed by atoms with Crippen LogP contribution in [0, 0.1) is 5.41 Å². The third-order valence-electron chi connectivity index (χ3n) is 6.65. The highest BCUT2D eigenvalue weighted by atomic mass is 16.7. The van der Waals surface area contributed by atoms with E-state index in [1.807, 2.05) is 18.2 Å². The zero-order valence-corrected chi connectivity index (χ0v) is 23.5. The Balaban J connectivity index is 1.35. The monoisotopic (exact) mass is 547 g/mol. The fraction of sp³-hybridized carbons (Fsp3) is 0.643. The van der Waals surface area contributed by atoms with Gasteiger partial charge in [0.15, 0.2) is 0 Å². The van der Waals surface area contributed by atoms with Crippen molar-refractivity contribution in [2.24, 2.45) is 5.41 Å². The second-order valence-electron chi connectivity index (χ2n) is 10.8. The van der Waals surface area contributed by atoms with Crippen molar-refractivity contribution in [2.75, 3.05) is 51.5 Å². The van der Waals surface area contributed by atoms with Crippen molar-refractivity contribution in [3.8, 4) is 0 Å². The third kappa shape index (κ3) is 9.81. The maximum absolute atomic E-state index is 12.5. The van der Waals surface area contributed by atoms with Crippen LogP contribution in [0.5, 0.6) is 0 Å². The van der Waals surface area contributed by atoms with Crippen LogP contribution >= 0.6 is 0 Å². The first-order chi connectivity index (χ1) is 18.5. The lowest BCUT2D eigenvalue weighted by Gasteiger charge is -2.31. The Bertz CT molecular complexity index is 1010. The number of anilines is 1. The highest BCUT2D eigenvalue weighted by molar-refractivity contribution is 5.91. The summed E-state index contributed by atoms with van der Waals surface area (Å²) in [7, 11) is 0. The second kappa shape index (κ2) is 14.3. The summed E-state index contributed by atoms with van der Waals surface area (Å²) in [6, 6.07) is 5.91. The third-order valence-corrected chi connectivity index (χ3v) is 6.65. The van der Waals surface area contributed by atoms with E-state index in [0.717, 1.165) is 25.1 Å². The lowest BCUT2D eigenvalue weighted by molar-refractivity contribution is -0.162. The molecule has 11 heteroatoms. The van der Waals surface area contributed by atoms with E-state index in [0.29, 0.717) is 51.2 Å². The maximum atomic E-state index is 12.5. The molecule has 1 saturated heterocycles. The van der Waals surface area contributed by atoms with Gasteiger partial charge in [0.05, 0.1) is 24.5 Å². The number of fused-ring (bicyclic) bond motifs is 1. The zero-order valence-electron chi connectivity index (χ0n) is 23.5. The molecule has 0 aromatic heterocycles. The fourth-order valence-corrected chi connectivity index (χ4v) is 4.40. The average Bonchev–Trinajstić information content (AvgIpc) is 2.90. The molecule has 2 heterocycles. The van der Waals surface area contributed by atoms with Gasteiger partial charge >= 0.3 is 18.0 Å². The van der Waals surface area contributed by atoms with Gasteiger partial charge in [-0.05, 0) is 70.2 Å². The van der Waals surface area contributed by atoms with Crippen LogP contribution in [-0.4, -0.2) is 86.0 Å². The van der Waals surface area contributed by atoms with E-state index in [1.54, 1.807) is 27.7 Å². The minimum atomic E-state index is -0.665. The van der Waals surface area contributed by atoms with Crippen LogP contribution < -0.4 is 5.32 Å². The molecule has 1 fully saturated rings. The van der Waals surface area contributed by atoms with Crippen molar-refractivity contribution < 1.29 is 38.1 Å². The number of hydrogen-bond acceptors (Lipinski definition) is 9. The molecule has 216 valence electrons. The van der Waals surface area contributed by atoms with E-state index in [9.17, 15) is 19.2 Å². The molecule has 2 aliphatic heterocycles. The number of ether oxygens (including phenoxy) is 4. The number of hydrogen-bond donors (Lipinski definition) is 1. The van der Waals surface area contributed by atoms with Gasteiger partial charge in [-0.15, -0.1) is 0 Å². The van der Waals surface area contributed by atoms with Crippen LogP contribution in [0.1, 0.15) is 58.1 Å². The molecule has 0 aliphatic carbocycles. The number of carbonyl (C=O) groups is 4. The topological polar surface area (TPSA) is 124 Å². The summed E-state index contributed by atoms with van der Waals surface area (Å²) in [5.74, 6) is -0.870. The summed E-state index contributed by atoms with van der Waals surface area (Å²) in [6.07, 6.45) is 1.72. The number of esters is 2. The summed E-state index contributed by atoms with van der Waals surface area (Å²) in [6.45, 7) is 9.95. The van der Waals surface area contributed by atoms with E-state index in [2.05, 4.69) is 10.2 Å². The number of nitrogens with one attached hydrogen (secondary N) is 1. The van der Waals surface area contributed by atoms with E-state index in [1.165, 1.54) is 10.5 Å². The van der Waals surface area contributed by atoms with Crippen molar-refractivity contribution in [3.05, 3.63) is 29.3 Å². The molecule has 11 nitrogen and oxygen atoms in total. The quantitative estimate of drug-likeness (QED) is 0.348. The van der Waals surface area contributed by atoms with Crippen molar-refractivity contribution in [2.45, 2.75) is 66.0 Å². The lowest BCUT2D eigenvalue weighted by atomic mass is 9.98. The largest absolute Gasteiger partial charge is 0.466 e. The Hall–Kier alpha value is -3.18. The van der Waals surface area contributed by atoms with Crippen LogP contribution in [0.25, 0.3) is 0 Å². The minimum absolute atomic E-state index is 0.0827. The average molecular weight is 548 g/mol. The van der Waals surface area contributed by atoms with Crippen molar-refractivity contribution in [1.82, 2.24) is 9.80 Å². The summed E-state index contributed by atoms with van der Waals surface area (Å²) in [5.41, 5.74) is 2.42. The SMILES string of the molecule is CCOC(=O)CCN1CCc2ccc(NC(=O)COC3CCN(C(=O)OCOC(=O)C(C)(C)C)CC3)cc2C1. The highest BCUT2D eigenvalue weighted by Crippen LogP contribution is 2.23. The van der Waals surface area contributed by atoms with Crippen molar-refractivity contribution >= 4 is 29.6 Å². The van der Waals surface area contributed by atoms with Gasteiger partial charge in [-0.1, -0.05) is 6.07 Å². The number of nitrogens with zero attached hydrogens (tertiary/aromatic N) is 2. The Morgan fingerprint density at radius 2 is 1.74 bits per heavy atom. The van der Waals surface area contributed by atoms with Crippen LogP contribution in [0.15, 0.2) is 18.2 Å². The maximum Gasteiger partial charge on any atom is 0.412 e. The first-order valence-corrected chi connectivity index (χ1v) is 13.5. The molecule has 2 aliphatic rings. The number of carbonyl (C=O) groups excluding carboxylic acids is 4. The number of amides is 2. The molecule has 1 aromatic rings. The number of rotatable bonds is 10. The zero-order chi connectivity index (χ0) is 28.4. The van der Waals surface area contributed by atoms with Gasteiger partial charge in [0.2, 0.25) is 12.7 Å². The standard InChI is InChI=1S/C28H41N3O8/c1-5-36-25(33)11-13-30-12-8-20-6-7-22(16-21(20)17-30)29-24(32)18-37-23-9-14-31(15-10-23)27(35)39-19-38-26(34)28(2,3)4/h6-7,16,23H,5,8-15,17-19H2,1-4H3,(H,29,32). The van der Waals surface area contributed by atoms with Crippen molar-refractivity contribution in [3.63, 3.8) is 0 Å². The predicted octanol–water partition coefficient (Wildman–Crippen LogP) is 3.10. The van der Waals surface area contributed by atoms with E-state index >= 15 is 0 Å². The van der Waals surface area contributed by atoms with Crippen LogP contribution in [0.4, 0.5) is 10.5 Å². The molecular formula is C28H41N3O8. The normalized spacial score (nSPS) is 16.3. The molecule has 0 spiro atoms. The van der Waals surface area contributed by atoms with Gasteiger partial charge in [0.25, 0.3) is 0 Å². The fourth-order valence-electron chi connectivity index (χ4n) is 4.40. The van der Waals surface area contributed by atoms with Crippen LogP contribution in [0.2, 0.25) is 0 Å². The van der Waals surface area contributed by atoms with Gasteiger partial charge in [-0.2, -0.15) is 0 Å². The summed E-state index contributed by atoms with van der Waals surface area (Å²) in [4.78, 5) is 51.9. The Labute approximate surface area is 230 Å². The Kier molecular flexibility index (Phi) is 11.1. The van der Waals surface area contributed by atoms with Crippen molar-refractivity contribution in [1.29, 1.82) is 0 Å². The van der Waals surface area contributed by atoms with Gasteiger partial charge in [0.1, 0.15) is 6.61 Å². The van der Waals surface area contributed by atoms with Crippen LogP contribution in [0.3, 0.4) is 0 Å². The van der Waals surface area contributed by atoms with Crippen LogP contribution in [-0.2, 0) is 46.3 Å². The highest BCUT2D eigenvalue weighted by Gasteiger charge is 2.27. The molecular weight excluding hydrogens is 506 g/mol. The number of benzene rings is 1. The predicted molar refractivity (Wildman–Crippen MR) is 143 cm³/mol. The Morgan fingerprint density at radius 1 is 1.00 bits per heavy atom. The molecule has 1 aromatic carbocycles. The summed E-state index contributed by atoms with van der Waals surface area (Å²) in [5, 5.41) is 2.90. The van der Waals surface area contributed by atoms with E-state index in [4.69, 9.17) is 18.9 Å². The first-order valence-electron chi connectivity index (χ1n) is 13.5. The Morgan fingerprint density at radius 3 is 2.44 bits per heavy atom. The van der Waals surface area contributed by atoms with E-state index < -0.39 is 24.3 Å². The second-order valence-corrected chi connectivity index (χ2v) is 10.8. The van der Waals surface area contributed by atoms with Gasteiger partial charge in [-0.25, -0.2) is 4.79 Å². The minimum Gasteiger partial charge on any atom is -0.466 e. The summed E-state index contributed by atoms with van der Waals surface area (Å²) < 4.78 is 20.8. The van der Waals surface area contributed by atoms with Gasteiger partial charge in [0, 0.05) is 38.4 Å². The number of piperidine rings is 1. The first kappa shape index (κ1) is 30.4. The molecule has 0 atom stereocenters. The molecule has 2 amide bonds. The molecule has 0 bridgehead atoms. The molecule has 1 N–H and O–H groups in total. The molecule has 0 unspecified atom stereocenters. The molecule has 0 saturated carbocycles. The molecule has 39 heavy (non-hydrogen) atoms. The van der Waals surface area contributed by atoms with E-state index in [-0.39, 0.29) is 24.6 Å². The molecule has 0 radical (unpaired) electrons. The molecule has 3 rings (SSSR count). The lowest BCUT2D eigenvalue weighted by Crippen LogP contribution is -2.42. The van der Waals surface area contributed by atoms with Gasteiger partial charge in [-0.3, -0.25) is 19.3 Å². The summed E-state index contributed by atoms with van der Waals surface area (Å²) >= 11 is 0.